The summed E-state index contributed by atoms with van der Waals surface area (Å²) < 4.78 is 19.3. The van der Waals surface area contributed by atoms with Crippen LogP contribution in [-0.4, -0.2) is 30.5 Å². The Labute approximate surface area is 166 Å². The number of nitrogens with one attached hydrogen (secondary N) is 1. The average Bonchev–Trinajstić information content (AvgIpc) is 3.52. The maximum atomic E-state index is 14.0. The summed E-state index contributed by atoms with van der Waals surface area (Å²) in [6.45, 7) is 4.92. The van der Waals surface area contributed by atoms with E-state index in [2.05, 4.69) is 24.1 Å². The number of nitrogens with zero attached hydrogens (tertiary/aromatic N) is 1. The molecule has 1 unspecified atom stereocenters. The first-order valence-corrected chi connectivity index (χ1v) is 9.88. The van der Waals surface area contributed by atoms with Crippen LogP contribution in [0.3, 0.4) is 0 Å². The van der Waals surface area contributed by atoms with Gasteiger partial charge in [0.05, 0.1) is 19.7 Å². The summed E-state index contributed by atoms with van der Waals surface area (Å²) >= 11 is 0. The van der Waals surface area contributed by atoms with Crippen LogP contribution in [0, 0.1) is 11.7 Å². The molecular weight excluding hydrogens is 355 g/mol. The van der Waals surface area contributed by atoms with Gasteiger partial charge in [-0.15, -0.1) is 0 Å². The number of amides is 1. The third-order valence-corrected chi connectivity index (χ3v) is 5.20. The Balaban J connectivity index is 1.66. The number of methoxy groups -OCH3 is 1. The molecule has 1 saturated carbocycles. The van der Waals surface area contributed by atoms with Gasteiger partial charge in [-0.05, 0) is 42.5 Å². The van der Waals surface area contributed by atoms with E-state index < -0.39 is 0 Å². The Morgan fingerprint density at radius 3 is 2.43 bits per heavy atom. The van der Waals surface area contributed by atoms with Gasteiger partial charge in [0, 0.05) is 18.2 Å². The zero-order valence-corrected chi connectivity index (χ0v) is 16.8. The molecule has 1 fully saturated rings. The van der Waals surface area contributed by atoms with Crippen LogP contribution in [-0.2, 0) is 11.3 Å². The lowest BCUT2D eigenvalue weighted by molar-refractivity contribution is -0.123. The van der Waals surface area contributed by atoms with E-state index in [1.807, 2.05) is 30.3 Å². The first kappa shape index (κ1) is 20.3. The molecule has 1 N–H and O–H groups in total. The third-order valence-electron chi connectivity index (χ3n) is 5.20. The second kappa shape index (κ2) is 9.20. The quantitative estimate of drug-likeness (QED) is 0.700. The van der Waals surface area contributed by atoms with Crippen molar-refractivity contribution in [3.05, 3.63) is 65.5 Å². The highest BCUT2D eigenvalue weighted by Gasteiger charge is 2.31. The maximum Gasteiger partial charge on any atom is 0.234 e. The topological polar surface area (TPSA) is 41.6 Å². The van der Waals surface area contributed by atoms with Gasteiger partial charge in [0.25, 0.3) is 0 Å². The molecule has 0 aromatic heterocycles. The van der Waals surface area contributed by atoms with Gasteiger partial charge in [-0.2, -0.15) is 0 Å². The van der Waals surface area contributed by atoms with Crippen LogP contribution in [0.2, 0.25) is 0 Å². The van der Waals surface area contributed by atoms with E-state index in [4.69, 9.17) is 4.74 Å². The zero-order chi connectivity index (χ0) is 20.1. The van der Waals surface area contributed by atoms with Crippen molar-refractivity contribution < 1.29 is 13.9 Å². The summed E-state index contributed by atoms with van der Waals surface area (Å²) in [5, 5.41) is 3.17. The number of ether oxygens (including phenoxy) is 1. The first-order valence-electron chi connectivity index (χ1n) is 9.88. The summed E-state index contributed by atoms with van der Waals surface area (Å²) in [7, 11) is 1.64. The highest BCUT2D eigenvalue weighted by molar-refractivity contribution is 5.78. The first-order chi connectivity index (χ1) is 13.5. The number of hydrogen-bond donors (Lipinski definition) is 1. The number of carbonyl (C=O) groups is 1. The van der Waals surface area contributed by atoms with Crippen molar-refractivity contribution in [1.29, 1.82) is 0 Å². The molecule has 5 heteroatoms. The van der Waals surface area contributed by atoms with Gasteiger partial charge >= 0.3 is 0 Å². The van der Waals surface area contributed by atoms with Gasteiger partial charge in [0.2, 0.25) is 5.91 Å². The fourth-order valence-electron chi connectivity index (χ4n) is 3.45. The average molecular weight is 384 g/mol. The van der Waals surface area contributed by atoms with Gasteiger partial charge in [0.15, 0.2) is 0 Å². The SMILES string of the molecule is COc1ccc(C(NC(=O)CN(Cc2ccccc2F)C2CC2)C(C)C)cc1. The Morgan fingerprint density at radius 1 is 1.18 bits per heavy atom. The highest BCUT2D eigenvalue weighted by Crippen LogP contribution is 2.29. The minimum atomic E-state index is -0.216. The normalized spacial score (nSPS) is 14.9. The van der Waals surface area contributed by atoms with E-state index in [-0.39, 0.29) is 30.2 Å². The molecule has 1 amide bonds. The summed E-state index contributed by atoms with van der Waals surface area (Å²) in [6.07, 6.45) is 2.13. The Hall–Kier alpha value is -2.40. The number of benzene rings is 2. The van der Waals surface area contributed by atoms with Gasteiger partial charge in [-0.25, -0.2) is 4.39 Å². The van der Waals surface area contributed by atoms with Gasteiger partial charge in [-0.3, -0.25) is 9.69 Å². The number of halogens is 1. The lowest BCUT2D eigenvalue weighted by atomic mass is 9.96. The smallest absolute Gasteiger partial charge is 0.234 e. The lowest BCUT2D eigenvalue weighted by Crippen LogP contribution is -2.41. The predicted octanol–water partition coefficient (Wildman–Crippen LogP) is 4.31. The molecule has 0 aliphatic heterocycles. The van der Waals surface area contributed by atoms with Crippen molar-refractivity contribution in [1.82, 2.24) is 10.2 Å². The molecule has 2 aromatic rings. The van der Waals surface area contributed by atoms with Gasteiger partial charge < -0.3 is 10.1 Å². The number of rotatable bonds is 9. The molecule has 0 spiro atoms. The van der Waals surface area contributed by atoms with E-state index in [0.717, 1.165) is 24.2 Å². The molecule has 0 bridgehead atoms. The van der Waals surface area contributed by atoms with Gasteiger partial charge in [0.1, 0.15) is 11.6 Å². The second-order valence-electron chi connectivity index (χ2n) is 7.79. The Morgan fingerprint density at radius 2 is 1.86 bits per heavy atom. The summed E-state index contributed by atoms with van der Waals surface area (Å²) in [5.41, 5.74) is 1.69. The van der Waals surface area contributed by atoms with E-state index in [9.17, 15) is 9.18 Å². The number of carbonyl (C=O) groups excluding carboxylic acids is 1. The van der Waals surface area contributed by atoms with E-state index in [0.29, 0.717) is 18.2 Å². The van der Waals surface area contributed by atoms with Crippen molar-refractivity contribution in [3.63, 3.8) is 0 Å². The predicted molar refractivity (Wildman–Crippen MR) is 109 cm³/mol. The second-order valence-corrected chi connectivity index (χ2v) is 7.79. The lowest BCUT2D eigenvalue weighted by Gasteiger charge is -2.26. The molecule has 1 aliphatic carbocycles. The fourth-order valence-corrected chi connectivity index (χ4v) is 3.45. The van der Waals surface area contributed by atoms with Gasteiger partial charge in [-0.1, -0.05) is 44.2 Å². The van der Waals surface area contributed by atoms with Crippen LogP contribution in [0.1, 0.15) is 43.9 Å². The maximum absolute atomic E-state index is 14.0. The molecule has 3 rings (SSSR count). The Kier molecular flexibility index (Phi) is 6.68. The zero-order valence-electron chi connectivity index (χ0n) is 16.8. The summed E-state index contributed by atoms with van der Waals surface area (Å²) in [5.74, 6) is 0.797. The molecule has 150 valence electrons. The highest BCUT2D eigenvalue weighted by atomic mass is 19.1. The van der Waals surface area contributed by atoms with Crippen LogP contribution < -0.4 is 10.1 Å². The van der Waals surface area contributed by atoms with Crippen molar-refractivity contribution in [2.45, 2.75) is 45.3 Å². The molecule has 0 saturated heterocycles. The Bertz CT molecular complexity index is 787. The van der Waals surface area contributed by atoms with Crippen molar-refractivity contribution in [3.8, 4) is 5.75 Å². The molecular formula is C23H29FN2O2. The third kappa shape index (κ3) is 5.32. The van der Waals surface area contributed by atoms with E-state index in [1.165, 1.54) is 6.07 Å². The van der Waals surface area contributed by atoms with Crippen molar-refractivity contribution >= 4 is 5.91 Å². The van der Waals surface area contributed by atoms with Crippen molar-refractivity contribution in [2.24, 2.45) is 5.92 Å². The van der Waals surface area contributed by atoms with Crippen LogP contribution >= 0.6 is 0 Å². The molecule has 2 aromatic carbocycles. The monoisotopic (exact) mass is 384 g/mol. The fraction of sp³-hybridized carbons (Fsp3) is 0.435. The molecule has 1 aliphatic rings. The molecule has 4 nitrogen and oxygen atoms in total. The van der Waals surface area contributed by atoms with E-state index >= 15 is 0 Å². The standard InChI is InChI=1S/C23H29FN2O2/c1-16(2)23(17-8-12-20(28-3)13-9-17)25-22(27)15-26(19-10-11-19)14-18-6-4-5-7-21(18)24/h4-9,12-13,16,19,23H,10-11,14-15H2,1-3H3,(H,25,27). The molecule has 0 heterocycles. The van der Waals surface area contributed by atoms with Crippen LogP contribution in [0.25, 0.3) is 0 Å². The van der Waals surface area contributed by atoms with Crippen LogP contribution in [0.4, 0.5) is 4.39 Å². The summed E-state index contributed by atoms with van der Waals surface area (Å²) in [6, 6.07) is 14.9. The van der Waals surface area contributed by atoms with E-state index in [1.54, 1.807) is 19.2 Å². The molecule has 1 atom stereocenters. The van der Waals surface area contributed by atoms with Crippen molar-refractivity contribution in [2.75, 3.05) is 13.7 Å². The molecule has 28 heavy (non-hydrogen) atoms. The summed E-state index contributed by atoms with van der Waals surface area (Å²) in [4.78, 5) is 14.9. The van der Waals surface area contributed by atoms with Crippen LogP contribution in [0.15, 0.2) is 48.5 Å². The number of hydrogen-bond acceptors (Lipinski definition) is 3. The molecule has 0 radical (unpaired) electrons. The minimum absolute atomic E-state index is 0.0299. The largest absolute Gasteiger partial charge is 0.497 e. The minimum Gasteiger partial charge on any atom is -0.497 e. The van der Waals surface area contributed by atoms with Crippen LogP contribution in [0.5, 0.6) is 5.75 Å².